The molecule has 1 aromatic heterocycles. The van der Waals surface area contributed by atoms with Crippen LogP contribution in [0.15, 0.2) is 22.8 Å². The van der Waals surface area contributed by atoms with E-state index in [1.165, 1.54) is 6.26 Å². The van der Waals surface area contributed by atoms with Crippen LogP contribution in [0.5, 0.6) is 0 Å². The minimum atomic E-state index is -1.38. The van der Waals surface area contributed by atoms with Crippen LogP contribution in [0, 0.1) is 5.41 Å². The quantitative estimate of drug-likeness (QED) is 0.725. The number of rotatable bonds is 1. The molecular formula is C10H14FNO. The Labute approximate surface area is 76.9 Å². The van der Waals surface area contributed by atoms with E-state index in [9.17, 15) is 4.39 Å². The molecule has 0 amide bonds. The lowest BCUT2D eigenvalue weighted by atomic mass is 9.56. The number of hydrogen-bond donors (Lipinski definition) is 1. The van der Waals surface area contributed by atoms with Crippen LogP contribution < -0.4 is 5.73 Å². The first-order chi connectivity index (χ1) is 5.98. The molecule has 0 bridgehead atoms. The average molecular weight is 183 g/mol. The summed E-state index contributed by atoms with van der Waals surface area (Å²) in [5.74, 6) is 0.402. The van der Waals surface area contributed by atoms with Crippen LogP contribution in [0.2, 0.25) is 0 Å². The highest BCUT2D eigenvalue weighted by Crippen LogP contribution is 2.57. The monoisotopic (exact) mass is 183 g/mol. The lowest BCUT2D eigenvalue weighted by molar-refractivity contribution is -0.121. The van der Waals surface area contributed by atoms with Crippen molar-refractivity contribution in [1.82, 2.24) is 0 Å². The Morgan fingerprint density at radius 3 is 2.69 bits per heavy atom. The summed E-state index contributed by atoms with van der Waals surface area (Å²) in [6.45, 7) is 3.67. The molecule has 1 aliphatic rings. The minimum Gasteiger partial charge on any atom is -0.466 e. The highest BCUT2D eigenvalue weighted by Gasteiger charge is 2.62. The van der Waals surface area contributed by atoms with Gasteiger partial charge in [0.1, 0.15) is 5.76 Å². The van der Waals surface area contributed by atoms with E-state index in [2.05, 4.69) is 0 Å². The van der Waals surface area contributed by atoms with Crippen molar-refractivity contribution < 1.29 is 8.81 Å². The van der Waals surface area contributed by atoms with Gasteiger partial charge in [-0.1, -0.05) is 13.8 Å². The molecule has 2 nitrogen and oxygen atoms in total. The fourth-order valence-corrected chi connectivity index (χ4v) is 1.91. The fraction of sp³-hybridized carbons (Fsp3) is 0.600. The third kappa shape index (κ3) is 0.908. The third-order valence-electron chi connectivity index (χ3n) is 3.36. The smallest absolute Gasteiger partial charge is 0.176 e. The molecule has 0 aliphatic heterocycles. The van der Waals surface area contributed by atoms with E-state index in [1.54, 1.807) is 12.1 Å². The van der Waals surface area contributed by atoms with Gasteiger partial charge in [0.25, 0.3) is 0 Å². The van der Waals surface area contributed by atoms with Crippen LogP contribution in [-0.2, 0) is 5.67 Å². The molecule has 72 valence electrons. The largest absolute Gasteiger partial charge is 0.466 e. The first kappa shape index (κ1) is 8.75. The molecule has 1 aromatic rings. The van der Waals surface area contributed by atoms with Gasteiger partial charge in [0.05, 0.1) is 6.26 Å². The van der Waals surface area contributed by atoms with Crippen molar-refractivity contribution in [3.05, 3.63) is 24.2 Å². The number of alkyl halides is 1. The Hall–Kier alpha value is -0.830. The zero-order chi connectivity index (χ0) is 9.69. The van der Waals surface area contributed by atoms with Gasteiger partial charge in [-0.05, 0) is 12.1 Å². The van der Waals surface area contributed by atoms with Crippen molar-refractivity contribution in [2.24, 2.45) is 11.1 Å². The summed E-state index contributed by atoms with van der Waals surface area (Å²) in [6, 6.07) is 3.30. The summed E-state index contributed by atoms with van der Waals surface area (Å²) >= 11 is 0. The molecule has 13 heavy (non-hydrogen) atoms. The summed E-state index contributed by atoms with van der Waals surface area (Å²) in [7, 11) is 0. The molecule has 1 heterocycles. The van der Waals surface area contributed by atoms with E-state index >= 15 is 0 Å². The molecule has 1 aliphatic carbocycles. The molecule has 2 rings (SSSR count). The molecule has 1 saturated carbocycles. The lowest BCUT2D eigenvalue weighted by Gasteiger charge is -2.53. The summed E-state index contributed by atoms with van der Waals surface area (Å²) < 4.78 is 19.4. The molecule has 0 radical (unpaired) electrons. The van der Waals surface area contributed by atoms with Crippen LogP contribution in [-0.4, -0.2) is 6.04 Å². The van der Waals surface area contributed by atoms with E-state index in [4.69, 9.17) is 10.2 Å². The number of furan rings is 1. The maximum absolute atomic E-state index is 14.3. The van der Waals surface area contributed by atoms with Gasteiger partial charge in [0.15, 0.2) is 5.67 Å². The summed E-state index contributed by atoms with van der Waals surface area (Å²) in [5, 5.41) is 0. The van der Waals surface area contributed by atoms with E-state index in [0.717, 1.165) is 0 Å². The molecule has 2 N–H and O–H groups in total. The SMILES string of the molecule is CC1(C)C(N)CC1(F)c1ccco1. The molecule has 0 aromatic carbocycles. The van der Waals surface area contributed by atoms with E-state index in [0.29, 0.717) is 12.2 Å². The summed E-state index contributed by atoms with van der Waals surface area (Å²) in [4.78, 5) is 0. The second-order valence-corrected chi connectivity index (χ2v) is 4.31. The van der Waals surface area contributed by atoms with E-state index in [-0.39, 0.29) is 6.04 Å². The molecular weight excluding hydrogens is 169 g/mol. The van der Waals surface area contributed by atoms with Gasteiger partial charge in [-0.2, -0.15) is 0 Å². The Morgan fingerprint density at radius 1 is 1.62 bits per heavy atom. The topological polar surface area (TPSA) is 39.2 Å². The van der Waals surface area contributed by atoms with Gasteiger partial charge < -0.3 is 10.2 Å². The van der Waals surface area contributed by atoms with E-state index in [1.807, 2.05) is 13.8 Å². The Kier molecular flexibility index (Phi) is 1.58. The Balaban J connectivity index is 2.35. The van der Waals surface area contributed by atoms with Crippen LogP contribution >= 0.6 is 0 Å². The van der Waals surface area contributed by atoms with Crippen LogP contribution in [0.3, 0.4) is 0 Å². The first-order valence-electron chi connectivity index (χ1n) is 4.47. The molecule has 3 heteroatoms. The highest BCUT2D eigenvalue weighted by atomic mass is 19.1. The first-order valence-corrected chi connectivity index (χ1v) is 4.47. The van der Waals surface area contributed by atoms with Gasteiger partial charge >= 0.3 is 0 Å². The van der Waals surface area contributed by atoms with E-state index < -0.39 is 11.1 Å². The molecule has 2 atom stereocenters. The zero-order valence-corrected chi connectivity index (χ0v) is 7.88. The lowest BCUT2D eigenvalue weighted by Crippen LogP contribution is -2.62. The number of nitrogens with two attached hydrogens (primary N) is 1. The van der Waals surface area contributed by atoms with Crippen molar-refractivity contribution >= 4 is 0 Å². The van der Waals surface area contributed by atoms with Gasteiger partial charge in [0.2, 0.25) is 0 Å². The standard InChI is InChI=1S/C10H14FNO/c1-9(2)7(12)6-10(9,11)8-4-3-5-13-8/h3-5,7H,6,12H2,1-2H3. The predicted octanol–water partition coefficient (Wildman–Crippen LogP) is 2.20. The second kappa shape index (κ2) is 2.35. The maximum atomic E-state index is 14.3. The van der Waals surface area contributed by atoms with Crippen LogP contribution in [0.25, 0.3) is 0 Å². The van der Waals surface area contributed by atoms with Gasteiger partial charge in [0, 0.05) is 17.9 Å². The van der Waals surface area contributed by atoms with Crippen molar-refractivity contribution in [3.63, 3.8) is 0 Å². The Morgan fingerprint density at radius 2 is 2.31 bits per heavy atom. The van der Waals surface area contributed by atoms with Crippen molar-refractivity contribution in [2.75, 3.05) is 0 Å². The minimum absolute atomic E-state index is 0.0809. The van der Waals surface area contributed by atoms with Crippen LogP contribution in [0.1, 0.15) is 26.0 Å². The molecule has 2 unspecified atom stereocenters. The number of halogens is 1. The van der Waals surface area contributed by atoms with Gasteiger partial charge in [-0.15, -0.1) is 0 Å². The molecule has 0 spiro atoms. The van der Waals surface area contributed by atoms with Crippen molar-refractivity contribution in [3.8, 4) is 0 Å². The second-order valence-electron chi connectivity index (χ2n) is 4.31. The summed E-state index contributed by atoms with van der Waals surface area (Å²) in [5.41, 5.74) is 3.85. The molecule has 0 saturated heterocycles. The zero-order valence-electron chi connectivity index (χ0n) is 7.88. The fourth-order valence-electron chi connectivity index (χ4n) is 1.91. The van der Waals surface area contributed by atoms with Crippen molar-refractivity contribution in [1.29, 1.82) is 0 Å². The van der Waals surface area contributed by atoms with Gasteiger partial charge in [-0.3, -0.25) is 0 Å². The normalized spacial score (nSPS) is 37.1. The van der Waals surface area contributed by atoms with Crippen molar-refractivity contribution in [2.45, 2.75) is 32.0 Å². The third-order valence-corrected chi connectivity index (χ3v) is 3.36. The van der Waals surface area contributed by atoms with Crippen LogP contribution in [0.4, 0.5) is 4.39 Å². The number of hydrogen-bond acceptors (Lipinski definition) is 2. The maximum Gasteiger partial charge on any atom is 0.176 e. The Bertz CT molecular complexity index is 307. The average Bonchev–Trinajstić information content (AvgIpc) is 2.56. The van der Waals surface area contributed by atoms with Gasteiger partial charge in [-0.25, -0.2) is 4.39 Å². The molecule has 1 fully saturated rings. The highest BCUT2D eigenvalue weighted by molar-refractivity contribution is 5.23. The predicted molar refractivity (Wildman–Crippen MR) is 47.9 cm³/mol. The summed E-state index contributed by atoms with van der Waals surface area (Å²) in [6.07, 6.45) is 1.85.